The minimum atomic E-state index is -0.807. The number of carboxylic acids is 1. The van der Waals surface area contributed by atoms with Gasteiger partial charge in [0, 0.05) is 31.1 Å². The van der Waals surface area contributed by atoms with Crippen LogP contribution in [-0.4, -0.2) is 40.1 Å². The van der Waals surface area contributed by atoms with Crippen molar-refractivity contribution in [3.8, 4) is 0 Å². The molecule has 5 nitrogen and oxygen atoms in total. The molecule has 22 heavy (non-hydrogen) atoms. The minimum Gasteiger partial charge on any atom is -0.481 e. The van der Waals surface area contributed by atoms with E-state index in [0.717, 1.165) is 6.42 Å². The summed E-state index contributed by atoms with van der Waals surface area (Å²) in [4.78, 5) is 23.8. The summed E-state index contributed by atoms with van der Waals surface area (Å²) >= 11 is 1.68. The summed E-state index contributed by atoms with van der Waals surface area (Å²) in [6.07, 6.45) is 4.63. The van der Waals surface area contributed by atoms with Crippen LogP contribution < -0.4 is 0 Å². The predicted molar refractivity (Wildman–Crippen MR) is 84.4 cm³/mol. The number of aliphatic hydroxyl groups is 1. The molecule has 0 aromatic carbocycles. The Morgan fingerprint density at radius 3 is 2.86 bits per heavy atom. The largest absolute Gasteiger partial charge is 0.481 e. The first-order valence-corrected chi connectivity index (χ1v) is 8.73. The zero-order chi connectivity index (χ0) is 16.1. The summed E-state index contributed by atoms with van der Waals surface area (Å²) in [7, 11) is 0. The molecule has 0 spiro atoms. The number of aliphatic hydroxyl groups excluding tert-OH is 1. The SMILES string of the molecule is CC1=CCC(OC[C@H]2[C@H](O)CC(=O)[C@@H]2CCCCC(=O)O)S1. The summed E-state index contributed by atoms with van der Waals surface area (Å²) in [5.41, 5.74) is 0.0931. The number of hydrogen-bond donors (Lipinski definition) is 2. The van der Waals surface area contributed by atoms with Crippen LogP contribution in [0.3, 0.4) is 0 Å². The highest BCUT2D eigenvalue weighted by Gasteiger charge is 2.41. The van der Waals surface area contributed by atoms with E-state index in [0.29, 0.717) is 25.9 Å². The molecule has 1 unspecified atom stereocenters. The van der Waals surface area contributed by atoms with Gasteiger partial charge in [-0.15, -0.1) is 0 Å². The molecule has 0 amide bonds. The summed E-state index contributed by atoms with van der Waals surface area (Å²) in [6.45, 7) is 2.45. The van der Waals surface area contributed by atoms with Crippen molar-refractivity contribution in [2.24, 2.45) is 11.8 Å². The van der Waals surface area contributed by atoms with Gasteiger partial charge in [0.2, 0.25) is 0 Å². The average Bonchev–Trinajstić information content (AvgIpc) is 2.96. The maximum absolute atomic E-state index is 12.0. The molecule has 1 aliphatic carbocycles. The van der Waals surface area contributed by atoms with Crippen LogP contribution in [0.2, 0.25) is 0 Å². The quantitative estimate of drug-likeness (QED) is 0.666. The Hall–Kier alpha value is -0.850. The standard InChI is InChI=1S/C16H24O5S/c1-10-6-7-16(22-10)21-9-12-11(13(17)8-14(12)18)4-2-3-5-15(19)20/h6,11-12,14,16,18H,2-5,7-9H2,1H3,(H,19,20)/t11-,12-,14-,16?/m1/s1. The number of unbranched alkanes of at least 4 members (excludes halogenated alkanes) is 1. The van der Waals surface area contributed by atoms with Gasteiger partial charge in [0.1, 0.15) is 11.2 Å². The van der Waals surface area contributed by atoms with E-state index in [-0.39, 0.29) is 35.9 Å². The number of carbonyl (C=O) groups excluding carboxylic acids is 1. The van der Waals surface area contributed by atoms with E-state index >= 15 is 0 Å². The van der Waals surface area contributed by atoms with Crippen molar-refractivity contribution in [2.75, 3.05) is 6.61 Å². The fraction of sp³-hybridized carbons (Fsp3) is 0.750. The van der Waals surface area contributed by atoms with Gasteiger partial charge in [0.25, 0.3) is 0 Å². The number of carboxylic acid groups (broad SMARTS) is 1. The van der Waals surface area contributed by atoms with Gasteiger partial charge in [-0.2, -0.15) is 0 Å². The molecular formula is C16H24O5S. The van der Waals surface area contributed by atoms with Crippen molar-refractivity contribution in [1.29, 1.82) is 0 Å². The second-order valence-corrected chi connectivity index (χ2v) is 7.48. The molecule has 0 saturated heterocycles. The molecule has 124 valence electrons. The summed E-state index contributed by atoms with van der Waals surface area (Å²) in [5.74, 6) is -1.06. The first-order chi connectivity index (χ1) is 10.5. The molecular weight excluding hydrogens is 304 g/mol. The van der Waals surface area contributed by atoms with E-state index in [4.69, 9.17) is 9.84 Å². The molecule has 4 atom stereocenters. The van der Waals surface area contributed by atoms with Crippen molar-refractivity contribution in [3.63, 3.8) is 0 Å². The maximum Gasteiger partial charge on any atom is 0.303 e. The zero-order valence-corrected chi connectivity index (χ0v) is 13.7. The minimum absolute atomic E-state index is 0.0878. The predicted octanol–water partition coefficient (Wildman–Crippen LogP) is 2.58. The Labute approximate surface area is 135 Å². The number of Topliss-reactive ketones (excluding diaryl/α,β-unsaturated/α-hetero) is 1. The van der Waals surface area contributed by atoms with E-state index in [9.17, 15) is 14.7 Å². The van der Waals surface area contributed by atoms with Crippen LogP contribution in [-0.2, 0) is 14.3 Å². The number of carbonyl (C=O) groups is 2. The molecule has 1 heterocycles. The van der Waals surface area contributed by atoms with E-state index in [2.05, 4.69) is 6.08 Å². The molecule has 0 aromatic heterocycles. The fourth-order valence-electron chi connectivity index (χ4n) is 3.14. The van der Waals surface area contributed by atoms with Gasteiger partial charge >= 0.3 is 5.97 Å². The number of rotatable bonds is 8. The highest BCUT2D eigenvalue weighted by Crippen LogP contribution is 2.36. The number of ketones is 1. The normalized spacial score (nSPS) is 31.5. The third kappa shape index (κ3) is 4.83. The summed E-state index contributed by atoms with van der Waals surface area (Å²) in [6, 6.07) is 0. The fourth-order valence-corrected chi connectivity index (χ4v) is 4.09. The molecule has 2 N–H and O–H groups in total. The van der Waals surface area contributed by atoms with Crippen LogP contribution in [0.1, 0.15) is 45.4 Å². The number of thioether (sulfide) groups is 1. The first kappa shape index (κ1) is 17.5. The molecule has 1 saturated carbocycles. The van der Waals surface area contributed by atoms with Gasteiger partial charge in [-0.05, 0) is 24.7 Å². The lowest BCUT2D eigenvalue weighted by Gasteiger charge is -2.22. The molecule has 1 fully saturated rings. The smallest absolute Gasteiger partial charge is 0.303 e. The second kappa shape index (κ2) is 8.13. The van der Waals surface area contributed by atoms with E-state index < -0.39 is 12.1 Å². The third-order valence-corrected chi connectivity index (χ3v) is 5.51. The van der Waals surface area contributed by atoms with Gasteiger partial charge in [-0.3, -0.25) is 9.59 Å². The molecule has 0 radical (unpaired) electrons. The number of ether oxygens (including phenoxy) is 1. The lowest BCUT2D eigenvalue weighted by atomic mass is 9.90. The molecule has 2 rings (SSSR count). The highest BCUT2D eigenvalue weighted by atomic mass is 32.2. The number of allylic oxidation sites excluding steroid dienone is 1. The Morgan fingerprint density at radius 2 is 2.23 bits per heavy atom. The summed E-state index contributed by atoms with van der Waals surface area (Å²) in [5, 5.41) is 18.7. The monoisotopic (exact) mass is 328 g/mol. The Kier molecular flexibility index (Phi) is 6.47. The molecule has 0 bridgehead atoms. The molecule has 6 heteroatoms. The van der Waals surface area contributed by atoms with Crippen molar-refractivity contribution < 1.29 is 24.5 Å². The molecule has 1 aliphatic heterocycles. The number of hydrogen-bond acceptors (Lipinski definition) is 5. The second-order valence-electron chi connectivity index (χ2n) is 6.08. The topological polar surface area (TPSA) is 83.8 Å². The van der Waals surface area contributed by atoms with Crippen LogP contribution >= 0.6 is 11.8 Å². The van der Waals surface area contributed by atoms with Crippen molar-refractivity contribution in [2.45, 2.75) is 57.0 Å². The maximum atomic E-state index is 12.0. The van der Waals surface area contributed by atoms with E-state index in [1.54, 1.807) is 11.8 Å². The van der Waals surface area contributed by atoms with Gasteiger partial charge in [0.05, 0.1) is 12.7 Å². The van der Waals surface area contributed by atoms with Crippen LogP contribution in [0.4, 0.5) is 0 Å². The van der Waals surface area contributed by atoms with Crippen LogP contribution in [0, 0.1) is 11.8 Å². The van der Waals surface area contributed by atoms with Gasteiger partial charge in [-0.1, -0.05) is 24.3 Å². The van der Waals surface area contributed by atoms with Crippen LogP contribution in [0.5, 0.6) is 0 Å². The summed E-state index contributed by atoms with van der Waals surface area (Å²) < 4.78 is 5.86. The van der Waals surface area contributed by atoms with Crippen LogP contribution in [0.25, 0.3) is 0 Å². The Morgan fingerprint density at radius 1 is 1.45 bits per heavy atom. The first-order valence-electron chi connectivity index (χ1n) is 7.85. The van der Waals surface area contributed by atoms with Crippen LogP contribution in [0.15, 0.2) is 11.0 Å². The highest BCUT2D eigenvalue weighted by molar-refractivity contribution is 8.03. The molecule has 0 aromatic rings. The third-order valence-electron chi connectivity index (χ3n) is 4.38. The number of aliphatic carboxylic acids is 1. The lowest BCUT2D eigenvalue weighted by Crippen LogP contribution is -2.27. The Balaban J connectivity index is 1.78. The van der Waals surface area contributed by atoms with Gasteiger partial charge < -0.3 is 14.9 Å². The van der Waals surface area contributed by atoms with Crippen molar-refractivity contribution in [3.05, 3.63) is 11.0 Å². The van der Waals surface area contributed by atoms with Gasteiger partial charge in [-0.25, -0.2) is 0 Å². The average molecular weight is 328 g/mol. The zero-order valence-electron chi connectivity index (χ0n) is 12.9. The van der Waals surface area contributed by atoms with Crippen molar-refractivity contribution in [1.82, 2.24) is 0 Å². The van der Waals surface area contributed by atoms with E-state index in [1.165, 1.54) is 4.91 Å². The van der Waals surface area contributed by atoms with Crippen molar-refractivity contribution >= 4 is 23.5 Å². The molecule has 2 aliphatic rings. The lowest BCUT2D eigenvalue weighted by molar-refractivity contribution is -0.137. The Bertz CT molecular complexity index is 448. The van der Waals surface area contributed by atoms with Gasteiger partial charge in [0.15, 0.2) is 0 Å². The van der Waals surface area contributed by atoms with E-state index in [1.807, 2.05) is 6.92 Å².